The van der Waals surface area contributed by atoms with E-state index in [1.807, 2.05) is 11.7 Å². The number of amides is 1. The molecule has 29 heavy (non-hydrogen) atoms. The van der Waals surface area contributed by atoms with Crippen LogP contribution in [0.25, 0.3) is 10.4 Å². The fourth-order valence-corrected chi connectivity index (χ4v) is 4.06. The number of aromatic amines is 1. The van der Waals surface area contributed by atoms with Crippen molar-refractivity contribution < 1.29 is 14.6 Å². The summed E-state index contributed by atoms with van der Waals surface area (Å²) in [5.74, 6) is 0. The second kappa shape index (κ2) is 9.17. The van der Waals surface area contributed by atoms with Crippen LogP contribution in [-0.4, -0.2) is 57.7 Å². The molecule has 3 heterocycles. The molecule has 4 rings (SSSR count). The molecule has 1 saturated heterocycles. The number of aromatic nitrogens is 3. The molecule has 152 valence electrons. The van der Waals surface area contributed by atoms with Crippen LogP contribution in [0.2, 0.25) is 0 Å². The van der Waals surface area contributed by atoms with Gasteiger partial charge in [0.15, 0.2) is 0 Å². The van der Waals surface area contributed by atoms with Gasteiger partial charge in [-0.1, -0.05) is 24.3 Å². The average molecular weight is 414 g/mol. The van der Waals surface area contributed by atoms with E-state index in [-0.39, 0.29) is 6.04 Å². The number of alkyl carbamates (subject to hydrolysis) is 1. The summed E-state index contributed by atoms with van der Waals surface area (Å²) >= 11 is 1.60. The Balaban J connectivity index is 1.30. The predicted octanol–water partition coefficient (Wildman–Crippen LogP) is 1.75. The lowest BCUT2D eigenvalue weighted by atomic mass is 10.0. The Hall–Kier alpha value is -2.75. The van der Waals surface area contributed by atoms with Crippen molar-refractivity contribution in [3.8, 4) is 10.4 Å². The molecule has 1 amide bonds. The maximum atomic E-state index is 12.1. The molecule has 1 aromatic carbocycles. The summed E-state index contributed by atoms with van der Waals surface area (Å²) in [4.78, 5) is 17.4. The maximum Gasteiger partial charge on any atom is 0.407 e. The van der Waals surface area contributed by atoms with Gasteiger partial charge in [-0.3, -0.25) is 10.1 Å². The lowest BCUT2D eigenvalue weighted by molar-refractivity contribution is 0.0191. The molecule has 0 unspecified atom stereocenters. The van der Waals surface area contributed by atoms with Gasteiger partial charge in [-0.25, -0.2) is 4.79 Å². The summed E-state index contributed by atoms with van der Waals surface area (Å²) in [5.41, 5.74) is 5.06. The Bertz CT molecular complexity index is 899. The van der Waals surface area contributed by atoms with Crippen molar-refractivity contribution >= 4 is 17.4 Å². The summed E-state index contributed by atoms with van der Waals surface area (Å²) in [5, 5.41) is 22.8. The predicted molar refractivity (Wildman–Crippen MR) is 110 cm³/mol. The molecule has 1 aliphatic heterocycles. The van der Waals surface area contributed by atoms with Crippen LogP contribution in [0.3, 0.4) is 0 Å². The number of rotatable bonds is 7. The molecule has 3 aromatic rings. The SMILES string of the molecule is O=C(NCCc1cn[nH]c1)O[C@@H]1[C@@H](O)CN[C@@H]1Cc1ccc(-c2cncs2)cc1. The monoisotopic (exact) mass is 413 g/mol. The molecule has 2 aromatic heterocycles. The van der Waals surface area contributed by atoms with Gasteiger partial charge in [0.1, 0.15) is 12.2 Å². The zero-order chi connectivity index (χ0) is 20.1. The second-order valence-corrected chi connectivity index (χ2v) is 7.89. The van der Waals surface area contributed by atoms with Crippen molar-refractivity contribution in [2.75, 3.05) is 13.1 Å². The van der Waals surface area contributed by atoms with Crippen molar-refractivity contribution in [1.29, 1.82) is 0 Å². The second-order valence-electron chi connectivity index (χ2n) is 7.00. The third-order valence-electron chi connectivity index (χ3n) is 4.97. The van der Waals surface area contributed by atoms with Crippen LogP contribution in [0.5, 0.6) is 0 Å². The summed E-state index contributed by atoms with van der Waals surface area (Å²) in [6, 6.07) is 8.10. The highest BCUT2D eigenvalue weighted by atomic mass is 32.1. The van der Waals surface area contributed by atoms with E-state index in [1.54, 1.807) is 23.7 Å². The number of nitrogens with one attached hydrogen (secondary N) is 3. The van der Waals surface area contributed by atoms with Gasteiger partial charge < -0.3 is 20.5 Å². The zero-order valence-electron chi connectivity index (χ0n) is 15.7. The first kappa shape index (κ1) is 19.6. The third kappa shape index (κ3) is 5.00. The molecule has 1 fully saturated rings. The molecule has 0 aliphatic carbocycles. The molecule has 0 spiro atoms. The van der Waals surface area contributed by atoms with Crippen LogP contribution in [0.4, 0.5) is 4.79 Å². The molecular formula is C20H23N5O3S. The fourth-order valence-electron chi connectivity index (χ4n) is 3.43. The first-order valence-corrected chi connectivity index (χ1v) is 10.4. The van der Waals surface area contributed by atoms with Gasteiger partial charge in [0.2, 0.25) is 0 Å². The van der Waals surface area contributed by atoms with Crippen molar-refractivity contribution in [3.63, 3.8) is 0 Å². The minimum Gasteiger partial charge on any atom is -0.442 e. The van der Waals surface area contributed by atoms with Gasteiger partial charge >= 0.3 is 6.09 Å². The number of hydrogen-bond acceptors (Lipinski definition) is 7. The number of H-pyrrole nitrogens is 1. The number of hydrogen-bond donors (Lipinski definition) is 4. The van der Waals surface area contributed by atoms with Gasteiger partial charge in [0.25, 0.3) is 0 Å². The smallest absolute Gasteiger partial charge is 0.407 e. The normalized spacial score (nSPS) is 21.2. The quantitative estimate of drug-likeness (QED) is 0.469. The Kier molecular flexibility index (Phi) is 6.18. The molecule has 8 nitrogen and oxygen atoms in total. The summed E-state index contributed by atoms with van der Waals surface area (Å²) in [7, 11) is 0. The largest absolute Gasteiger partial charge is 0.442 e. The van der Waals surface area contributed by atoms with E-state index in [2.05, 4.69) is 50.1 Å². The molecule has 4 N–H and O–H groups in total. The topological polar surface area (TPSA) is 112 Å². The number of carbonyl (C=O) groups excluding carboxylic acids is 1. The van der Waals surface area contributed by atoms with Gasteiger partial charge in [-0.05, 0) is 29.5 Å². The van der Waals surface area contributed by atoms with Crippen molar-refractivity contribution in [2.45, 2.75) is 31.1 Å². The number of aliphatic hydroxyl groups excluding tert-OH is 1. The number of aliphatic hydroxyl groups is 1. The van der Waals surface area contributed by atoms with E-state index < -0.39 is 18.3 Å². The first-order valence-electron chi connectivity index (χ1n) is 9.50. The molecule has 0 saturated carbocycles. The standard InChI is InChI=1S/C20H23N5O3S/c26-17-10-23-16(7-13-1-3-15(4-2-13)18-11-21-12-29-18)19(17)28-20(27)22-6-5-14-8-24-25-9-14/h1-4,8-9,11-12,16-17,19,23,26H,5-7,10H2,(H,22,27)(H,24,25)/t16-,17+,19+/m1/s1. The Morgan fingerprint density at radius 1 is 1.28 bits per heavy atom. The highest BCUT2D eigenvalue weighted by molar-refractivity contribution is 7.13. The molecule has 1 aliphatic rings. The Morgan fingerprint density at radius 3 is 2.86 bits per heavy atom. The Labute approximate surface area is 172 Å². The maximum absolute atomic E-state index is 12.1. The van der Waals surface area contributed by atoms with Crippen LogP contribution in [0.1, 0.15) is 11.1 Å². The van der Waals surface area contributed by atoms with Gasteiger partial charge in [0.05, 0.1) is 22.6 Å². The lowest BCUT2D eigenvalue weighted by Crippen LogP contribution is -2.41. The highest BCUT2D eigenvalue weighted by Gasteiger charge is 2.37. The molecule has 0 bridgehead atoms. The highest BCUT2D eigenvalue weighted by Crippen LogP contribution is 2.24. The number of ether oxygens (including phenoxy) is 1. The molecular weight excluding hydrogens is 390 g/mol. The van der Waals surface area contributed by atoms with Crippen LogP contribution in [-0.2, 0) is 17.6 Å². The molecule has 9 heteroatoms. The van der Waals surface area contributed by atoms with Gasteiger partial charge in [-0.15, -0.1) is 11.3 Å². The number of nitrogens with zero attached hydrogens (tertiary/aromatic N) is 2. The summed E-state index contributed by atoms with van der Waals surface area (Å²) in [6.45, 7) is 0.842. The van der Waals surface area contributed by atoms with E-state index in [1.165, 1.54) is 0 Å². The van der Waals surface area contributed by atoms with Crippen molar-refractivity contribution in [3.05, 3.63) is 59.5 Å². The average Bonchev–Trinajstić information content (AvgIpc) is 3.48. The van der Waals surface area contributed by atoms with Crippen molar-refractivity contribution in [2.24, 2.45) is 0 Å². The summed E-state index contributed by atoms with van der Waals surface area (Å²) < 4.78 is 5.52. The minimum absolute atomic E-state index is 0.140. The fraction of sp³-hybridized carbons (Fsp3) is 0.350. The summed E-state index contributed by atoms with van der Waals surface area (Å²) in [6.07, 6.45) is 4.83. The van der Waals surface area contributed by atoms with E-state index in [4.69, 9.17) is 4.74 Å². The van der Waals surface area contributed by atoms with Crippen LogP contribution >= 0.6 is 11.3 Å². The number of β-amino-alcohol motifs (C(OH)–C–C–N with tert-alkyl or cyclic N) is 1. The third-order valence-corrected chi connectivity index (χ3v) is 5.79. The first-order chi connectivity index (χ1) is 14.2. The minimum atomic E-state index is -0.726. The lowest BCUT2D eigenvalue weighted by Gasteiger charge is -2.22. The Morgan fingerprint density at radius 2 is 2.14 bits per heavy atom. The van der Waals surface area contributed by atoms with Crippen molar-refractivity contribution in [1.82, 2.24) is 25.8 Å². The van der Waals surface area contributed by atoms with Crippen LogP contribution in [0, 0.1) is 0 Å². The zero-order valence-corrected chi connectivity index (χ0v) is 16.6. The van der Waals surface area contributed by atoms with E-state index in [0.29, 0.717) is 25.9 Å². The number of carbonyl (C=O) groups is 1. The van der Waals surface area contributed by atoms with E-state index >= 15 is 0 Å². The number of benzene rings is 1. The van der Waals surface area contributed by atoms with Gasteiger partial charge in [0, 0.05) is 25.5 Å². The molecule has 3 atom stereocenters. The van der Waals surface area contributed by atoms with E-state index in [0.717, 1.165) is 21.6 Å². The molecule has 0 radical (unpaired) electrons. The van der Waals surface area contributed by atoms with E-state index in [9.17, 15) is 9.90 Å². The van der Waals surface area contributed by atoms with Crippen LogP contribution in [0.15, 0.2) is 48.4 Å². The van der Waals surface area contributed by atoms with Crippen LogP contribution < -0.4 is 10.6 Å². The number of thiazole rings is 1. The van der Waals surface area contributed by atoms with Gasteiger partial charge in [-0.2, -0.15) is 5.10 Å².